The molecule has 1 aliphatic rings. The maximum Gasteiger partial charge on any atom is 0.228 e. The van der Waals surface area contributed by atoms with Crippen molar-refractivity contribution < 1.29 is 4.79 Å². The molecule has 0 aliphatic carbocycles. The molecule has 1 unspecified atom stereocenters. The summed E-state index contributed by atoms with van der Waals surface area (Å²) in [7, 11) is 0. The second-order valence-corrected chi connectivity index (χ2v) is 6.74. The largest absolute Gasteiger partial charge is 0.372 e. The van der Waals surface area contributed by atoms with Gasteiger partial charge in [0.05, 0.1) is 22.7 Å². The number of halogens is 1. The average molecular weight is 357 g/mol. The molecule has 24 heavy (non-hydrogen) atoms. The summed E-state index contributed by atoms with van der Waals surface area (Å²) in [5.74, 6) is -0.236. The molecule has 3 rings (SSSR count). The Balaban J connectivity index is 1.83. The van der Waals surface area contributed by atoms with Crippen molar-refractivity contribution in [1.29, 1.82) is 5.26 Å². The van der Waals surface area contributed by atoms with Crippen LogP contribution in [0.5, 0.6) is 0 Å². The van der Waals surface area contributed by atoms with Crippen molar-refractivity contribution in [2.24, 2.45) is 0 Å². The van der Waals surface area contributed by atoms with E-state index in [0.29, 0.717) is 16.3 Å². The zero-order valence-corrected chi connectivity index (χ0v) is 14.1. The molecule has 0 saturated heterocycles. The molecule has 7 heteroatoms. The highest BCUT2D eigenvalue weighted by molar-refractivity contribution is 8.03. The SMILES string of the molecule is N#Cc1cccc(Cl)c1NC(=O)CC1(c2ccncc2)NC=CS1. The third kappa shape index (κ3) is 3.23. The van der Waals surface area contributed by atoms with E-state index in [9.17, 15) is 10.1 Å². The minimum Gasteiger partial charge on any atom is -0.372 e. The van der Waals surface area contributed by atoms with Gasteiger partial charge in [0.15, 0.2) is 0 Å². The number of para-hydroxylation sites is 1. The second-order valence-electron chi connectivity index (χ2n) is 5.13. The summed E-state index contributed by atoms with van der Waals surface area (Å²) < 4.78 is 0. The number of nitriles is 1. The zero-order chi connectivity index (χ0) is 17.0. The van der Waals surface area contributed by atoms with Crippen LogP contribution in [-0.4, -0.2) is 10.9 Å². The molecule has 0 bridgehead atoms. The Kier molecular flexibility index (Phi) is 4.74. The number of thioether (sulfide) groups is 1. The first-order chi connectivity index (χ1) is 11.6. The molecule has 5 nitrogen and oxygen atoms in total. The summed E-state index contributed by atoms with van der Waals surface area (Å²) in [6.45, 7) is 0. The van der Waals surface area contributed by atoms with E-state index in [2.05, 4.69) is 15.6 Å². The average Bonchev–Trinajstić information content (AvgIpc) is 3.07. The van der Waals surface area contributed by atoms with Crippen molar-refractivity contribution >= 4 is 35.0 Å². The number of hydrogen-bond acceptors (Lipinski definition) is 5. The van der Waals surface area contributed by atoms with Crippen molar-refractivity contribution in [2.75, 3.05) is 5.32 Å². The lowest BCUT2D eigenvalue weighted by Gasteiger charge is -2.29. The minimum atomic E-state index is -0.596. The van der Waals surface area contributed by atoms with E-state index in [1.54, 1.807) is 30.6 Å². The molecule has 1 atom stereocenters. The molecule has 0 spiro atoms. The standard InChI is InChI=1S/C17H13ClN4OS/c18-14-3-1-2-12(11-19)16(14)22-15(23)10-17(21-8-9-24-17)13-4-6-20-7-5-13/h1-9,21H,10H2,(H,22,23). The lowest BCUT2D eigenvalue weighted by Crippen LogP contribution is -2.37. The van der Waals surface area contributed by atoms with Crippen LogP contribution in [-0.2, 0) is 9.67 Å². The molecule has 0 radical (unpaired) electrons. The molecule has 1 aliphatic heterocycles. The van der Waals surface area contributed by atoms with Crippen LogP contribution in [0.1, 0.15) is 17.5 Å². The van der Waals surface area contributed by atoms with Crippen LogP contribution in [0.4, 0.5) is 5.69 Å². The fourth-order valence-electron chi connectivity index (χ4n) is 2.47. The van der Waals surface area contributed by atoms with Crippen LogP contribution in [0.3, 0.4) is 0 Å². The molecule has 0 fully saturated rings. The van der Waals surface area contributed by atoms with Gasteiger partial charge in [-0.25, -0.2) is 0 Å². The molecule has 1 aromatic carbocycles. The number of hydrogen-bond donors (Lipinski definition) is 2. The number of benzene rings is 1. The number of carbonyl (C=O) groups is 1. The van der Waals surface area contributed by atoms with Gasteiger partial charge in [-0.15, -0.1) is 0 Å². The first-order valence-corrected chi connectivity index (χ1v) is 8.40. The highest BCUT2D eigenvalue weighted by Crippen LogP contribution is 2.41. The number of nitrogens with one attached hydrogen (secondary N) is 2. The zero-order valence-electron chi connectivity index (χ0n) is 12.5. The highest BCUT2D eigenvalue weighted by atomic mass is 35.5. The van der Waals surface area contributed by atoms with Gasteiger partial charge in [0, 0.05) is 18.6 Å². The van der Waals surface area contributed by atoms with Gasteiger partial charge in [-0.1, -0.05) is 29.4 Å². The lowest BCUT2D eigenvalue weighted by molar-refractivity contribution is -0.116. The van der Waals surface area contributed by atoms with E-state index in [-0.39, 0.29) is 12.3 Å². The molecule has 120 valence electrons. The Bertz CT molecular complexity index is 824. The third-order valence-electron chi connectivity index (χ3n) is 3.61. The predicted molar refractivity (Wildman–Crippen MR) is 95.2 cm³/mol. The minimum absolute atomic E-state index is 0.171. The summed E-state index contributed by atoms with van der Waals surface area (Å²) >= 11 is 7.63. The van der Waals surface area contributed by atoms with E-state index in [1.807, 2.05) is 29.8 Å². The normalized spacial score (nSPS) is 18.7. The van der Waals surface area contributed by atoms with Crippen LogP contribution in [0.15, 0.2) is 54.3 Å². The van der Waals surface area contributed by atoms with Crippen LogP contribution in [0, 0.1) is 11.3 Å². The number of aromatic nitrogens is 1. The van der Waals surface area contributed by atoms with Gasteiger partial charge >= 0.3 is 0 Å². The number of nitrogens with zero attached hydrogens (tertiary/aromatic N) is 2. The Labute approximate surface area is 148 Å². The van der Waals surface area contributed by atoms with Crippen LogP contribution < -0.4 is 10.6 Å². The van der Waals surface area contributed by atoms with E-state index >= 15 is 0 Å². The van der Waals surface area contributed by atoms with Crippen LogP contribution in [0.25, 0.3) is 0 Å². The number of pyridine rings is 1. The Hall–Kier alpha value is -2.49. The van der Waals surface area contributed by atoms with E-state index < -0.39 is 4.87 Å². The fourth-order valence-corrected chi connectivity index (χ4v) is 3.69. The summed E-state index contributed by atoms with van der Waals surface area (Å²) in [5, 5.41) is 17.4. The molecule has 2 N–H and O–H groups in total. The van der Waals surface area contributed by atoms with Gasteiger partial charge in [-0.05, 0) is 35.2 Å². The van der Waals surface area contributed by atoms with Gasteiger partial charge in [-0.3, -0.25) is 9.78 Å². The highest BCUT2D eigenvalue weighted by Gasteiger charge is 2.36. The van der Waals surface area contributed by atoms with Gasteiger partial charge in [0.1, 0.15) is 10.9 Å². The summed E-state index contributed by atoms with van der Waals surface area (Å²) in [6.07, 6.45) is 5.37. The van der Waals surface area contributed by atoms with Gasteiger partial charge in [-0.2, -0.15) is 5.26 Å². The molecule has 1 amide bonds. The van der Waals surface area contributed by atoms with Crippen LogP contribution in [0.2, 0.25) is 5.02 Å². The summed E-state index contributed by atoms with van der Waals surface area (Å²) in [4.78, 5) is 16.0. The Morgan fingerprint density at radius 2 is 2.17 bits per heavy atom. The van der Waals surface area contributed by atoms with Crippen molar-refractivity contribution in [3.8, 4) is 6.07 Å². The molecule has 2 aromatic rings. The number of rotatable bonds is 4. The molecule has 2 heterocycles. The molecule has 1 aromatic heterocycles. The monoisotopic (exact) mass is 356 g/mol. The van der Waals surface area contributed by atoms with Crippen molar-refractivity contribution in [1.82, 2.24) is 10.3 Å². The Morgan fingerprint density at radius 1 is 1.38 bits per heavy atom. The summed E-state index contributed by atoms with van der Waals surface area (Å²) in [6, 6.07) is 10.7. The predicted octanol–water partition coefficient (Wildman–Crippen LogP) is 3.60. The van der Waals surface area contributed by atoms with E-state index in [0.717, 1.165) is 5.56 Å². The van der Waals surface area contributed by atoms with Gasteiger partial charge in [0.2, 0.25) is 5.91 Å². The van der Waals surface area contributed by atoms with Crippen molar-refractivity contribution in [3.63, 3.8) is 0 Å². The smallest absolute Gasteiger partial charge is 0.228 e. The van der Waals surface area contributed by atoms with Gasteiger partial charge in [0.25, 0.3) is 0 Å². The topological polar surface area (TPSA) is 77.8 Å². The van der Waals surface area contributed by atoms with Crippen LogP contribution >= 0.6 is 23.4 Å². The quantitative estimate of drug-likeness (QED) is 0.875. The van der Waals surface area contributed by atoms with E-state index in [4.69, 9.17) is 11.6 Å². The number of carbonyl (C=O) groups excluding carboxylic acids is 1. The lowest BCUT2D eigenvalue weighted by atomic mass is 10.0. The first-order valence-electron chi connectivity index (χ1n) is 7.14. The maximum atomic E-state index is 12.6. The number of amides is 1. The van der Waals surface area contributed by atoms with Crippen molar-refractivity contribution in [3.05, 3.63) is 70.5 Å². The maximum absolute atomic E-state index is 12.6. The Morgan fingerprint density at radius 3 is 2.83 bits per heavy atom. The van der Waals surface area contributed by atoms with E-state index in [1.165, 1.54) is 11.8 Å². The molecule has 0 saturated carbocycles. The fraction of sp³-hybridized carbons (Fsp3) is 0.118. The molecular formula is C17H13ClN4OS. The molecular weight excluding hydrogens is 344 g/mol. The summed E-state index contributed by atoms with van der Waals surface area (Å²) in [5.41, 5.74) is 1.62. The first kappa shape index (κ1) is 16.4. The third-order valence-corrected chi connectivity index (χ3v) is 5.10. The number of anilines is 1. The van der Waals surface area contributed by atoms with Gasteiger partial charge < -0.3 is 10.6 Å². The van der Waals surface area contributed by atoms with Crippen molar-refractivity contribution in [2.45, 2.75) is 11.3 Å². The second kappa shape index (κ2) is 6.95.